The Hall–Kier alpha value is -0.570. The summed E-state index contributed by atoms with van der Waals surface area (Å²) < 4.78 is 10.1. The highest BCUT2D eigenvalue weighted by molar-refractivity contribution is 5.69. The highest BCUT2D eigenvalue weighted by Crippen LogP contribution is 2.15. The van der Waals surface area contributed by atoms with Crippen molar-refractivity contribution in [2.24, 2.45) is 0 Å². The van der Waals surface area contributed by atoms with E-state index in [1.54, 1.807) is 0 Å². The molecule has 1 saturated heterocycles. The molecule has 1 atom stereocenters. The molecule has 0 saturated carbocycles. The first-order valence-electron chi connectivity index (χ1n) is 5.60. The van der Waals surface area contributed by atoms with E-state index in [-0.39, 0.29) is 5.97 Å². The minimum atomic E-state index is -0.0461. The second-order valence-corrected chi connectivity index (χ2v) is 3.78. The Bertz CT molecular complexity index is 164. The number of esters is 1. The second-order valence-electron chi connectivity index (χ2n) is 3.78. The molecule has 1 aliphatic rings. The Morgan fingerprint density at radius 2 is 2.21 bits per heavy atom. The average molecular weight is 200 g/mol. The van der Waals surface area contributed by atoms with Crippen LogP contribution in [0.15, 0.2) is 0 Å². The van der Waals surface area contributed by atoms with Gasteiger partial charge in [-0.1, -0.05) is 19.8 Å². The normalized spacial score (nSPS) is 19.4. The Balaban J connectivity index is 1.81. The number of carbonyl (C=O) groups is 1. The summed E-state index contributed by atoms with van der Waals surface area (Å²) in [5.41, 5.74) is 0. The topological polar surface area (TPSA) is 38.8 Å². The van der Waals surface area contributed by atoms with Gasteiger partial charge in [0.1, 0.15) is 0 Å². The van der Waals surface area contributed by atoms with Crippen LogP contribution in [0.25, 0.3) is 0 Å². The van der Waals surface area contributed by atoms with Crippen molar-refractivity contribution in [3.05, 3.63) is 0 Å². The molecule has 0 aromatic carbocycles. The first kappa shape index (κ1) is 11.5. The van der Waals surface area contributed by atoms with Gasteiger partial charge >= 0.3 is 5.97 Å². The Morgan fingerprint density at radius 3 is 2.86 bits per heavy atom. The van der Waals surface area contributed by atoms with Gasteiger partial charge in [-0.3, -0.25) is 4.79 Å². The molecule has 0 radical (unpaired) electrons. The van der Waals surface area contributed by atoms with E-state index in [1.807, 2.05) is 0 Å². The maximum atomic E-state index is 11.1. The van der Waals surface area contributed by atoms with Crippen molar-refractivity contribution in [3.8, 4) is 0 Å². The van der Waals surface area contributed by atoms with Gasteiger partial charge < -0.3 is 9.47 Å². The zero-order chi connectivity index (χ0) is 10.2. The maximum Gasteiger partial charge on any atom is 0.305 e. The highest BCUT2D eigenvalue weighted by Gasteiger charge is 2.21. The summed E-state index contributed by atoms with van der Waals surface area (Å²) in [5, 5.41) is 0. The number of unbranched alkanes of at least 4 members (excludes halogenated alkanes) is 2. The molecule has 1 rings (SSSR count). The summed E-state index contributed by atoms with van der Waals surface area (Å²) in [5.74, 6) is -0.0461. The van der Waals surface area contributed by atoms with Crippen LogP contribution in [0.2, 0.25) is 0 Å². The zero-order valence-electron chi connectivity index (χ0n) is 8.96. The predicted octanol–water partition coefficient (Wildman–Crippen LogP) is 2.29. The van der Waals surface area contributed by atoms with Crippen LogP contribution in [0.1, 0.15) is 45.4 Å². The van der Waals surface area contributed by atoms with Crippen molar-refractivity contribution in [2.45, 2.75) is 51.6 Å². The number of ether oxygens (including phenoxy) is 2. The number of rotatable bonds is 8. The van der Waals surface area contributed by atoms with Gasteiger partial charge in [0.25, 0.3) is 0 Å². The molecule has 0 N–H and O–H groups in total. The fourth-order valence-electron chi connectivity index (χ4n) is 1.32. The van der Waals surface area contributed by atoms with Crippen LogP contribution in [0.3, 0.4) is 0 Å². The van der Waals surface area contributed by atoms with Gasteiger partial charge in [0, 0.05) is 6.42 Å². The van der Waals surface area contributed by atoms with Gasteiger partial charge in [0.15, 0.2) is 0 Å². The molecule has 0 aromatic rings. The summed E-state index contributed by atoms with van der Waals surface area (Å²) in [7, 11) is 0. The van der Waals surface area contributed by atoms with E-state index in [0.717, 1.165) is 38.7 Å². The minimum Gasteiger partial charge on any atom is -0.466 e. The minimum absolute atomic E-state index is 0.0461. The van der Waals surface area contributed by atoms with Crippen molar-refractivity contribution in [1.29, 1.82) is 0 Å². The molecule has 3 heteroatoms. The smallest absolute Gasteiger partial charge is 0.305 e. The van der Waals surface area contributed by atoms with E-state index in [9.17, 15) is 4.79 Å². The Kier molecular flexibility index (Phi) is 5.60. The fourth-order valence-corrected chi connectivity index (χ4v) is 1.32. The van der Waals surface area contributed by atoms with Crippen LogP contribution in [-0.4, -0.2) is 25.3 Å². The van der Waals surface area contributed by atoms with Crippen LogP contribution in [0.4, 0.5) is 0 Å². The van der Waals surface area contributed by atoms with E-state index in [4.69, 9.17) is 9.47 Å². The number of epoxide rings is 1. The van der Waals surface area contributed by atoms with E-state index >= 15 is 0 Å². The standard InChI is InChI=1S/C11H20O3/c1-2-3-4-7-11(12)13-8-5-6-10-9-14-10/h10H,2-9H2,1H3. The summed E-state index contributed by atoms with van der Waals surface area (Å²) in [4.78, 5) is 11.1. The lowest BCUT2D eigenvalue weighted by atomic mass is 10.2. The van der Waals surface area contributed by atoms with E-state index < -0.39 is 0 Å². The summed E-state index contributed by atoms with van der Waals surface area (Å²) in [6.45, 7) is 3.58. The molecule has 1 fully saturated rings. The van der Waals surface area contributed by atoms with Gasteiger partial charge in [-0.05, 0) is 19.3 Å². The van der Waals surface area contributed by atoms with Gasteiger partial charge in [-0.25, -0.2) is 0 Å². The predicted molar refractivity (Wildman–Crippen MR) is 54.1 cm³/mol. The monoisotopic (exact) mass is 200 g/mol. The van der Waals surface area contributed by atoms with Gasteiger partial charge in [-0.15, -0.1) is 0 Å². The first-order chi connectivity index (χ1) is 6.83. The van der Waals surface area contributed by atoms with Crippen LogP contribution in [-0.2, 0) is 14.3 Å². The van der Waals surface area contributed by atoms with Crippen LogP contribution < -0.4 is 0 Å². The quantitative estimate of drug-likeness (QED) is 0.343. The zero-order valence-corrected chi connectivity index (χ0v) is 8.96. The van der Waals surface area contributed by atoms with Gasteiger partial charge in [-0.2, -0.15) is 0 Å². The average Bonchev–Trinajstić information content (AvgIpc) is 2.97. The number of hydrogen-bond donors (Lipinski definition) is 0. The maximum absolute atomic E-state index is 11.1. The second kappa shape index (κ2) is 6.82. The molecule has 82 valence electrons. The van der Waals surface area contributed by atoms with Crippen LogP contribution in [0, 0.1) is 0 Å². The van der Waals surface area contributed by atoms with Gasteiger partial charge in [0.2, 0.25) is 0 Å². The third-order valence-corrected chi connectivity index (χ3v) is 2.32. The Morgan fingerprint density at radius 1 is 1.43 bits per heavy atom. The molecule has 0 spiro atoms. The summed E-state index contributed by atoms with van der Waals surface area (Å²) in [6, 6.07) is 0. The molecule has 14 heavy (non-hydrogen) atoms. The van der Waals surface area contributed by atoms with E-state index in [0.29, 0.717) is 19.1 Å². The molecule has 0 bridgehead atoms. The van der Waals surface area contributed by atoms with Crippen molar-refractivity contribution < 1.29 is 14.3 Å². The third-order valence-electron chi connectivity index (χ3n) is 2.32. The van der Waals surface area contributed by atoms with Crippen molar-refractivity contribution in [3.63, 3.8) is 0 Å². The molecule has 1 aliphatic heterocycles. The lowest BCUT2D eigenvalue weighted by Gasteiger charge is -2.03. The molecule has 1 heterocycles. The lowest BCUT2D eigenvalue weighted by molar-refractivity contribution is -0.143. The molecule has 3 nitrogen and oxygen atoms in total. The summed E-state index contributed by atoms with van der Waals surface area (Å²) in [6.07, 6.45) is 6.22. The summed E-state index contributed by atoms with van der Waals surface area (Å²) >= 11 is 0. The van der Waals surface area contributed by atoms with Crippen molar-refractivity contribution >= 4 is 5.97 Å². The SMILES string of the molecule is CCCCCC(=O)OCCCC1CO1. The molecular formula is C11H20O3. The lowest BCUT2D eigenvalue weighted by Crippen LogP contribution is -2.06. The molecule has 0 aromatic heterocycles. The molecular weight excluding hydrogens is 180 g/mol. The highest BCUT2D eigenvalue weighted by atomic mass is 16.6. The fraction of sp³-hybridized carbons (Fsp3) is 0.909. The first-order valence-corrected chi connectivity index (χ1v) is 5.60. The van der Waals surface area contributed by atoms with E-state index in [1.165, 1.54) is 0 Å². The van der Waals surface area contributed by atoms with Crippen molar-refractivity contribution in [1.82, 2.24) is 0 Å². The number of hydrogen-bond acceptors (Lipinski definition) is 3. The third kappa shape index (κ3) is 5.97. The Labute approximate surface area is 85.8 Å². The molecule has 0 aliphatic carbocycles. The van der Waals surface area contributed by atoms with Crippen LogP contribution >= 0.6 is 0 Å². The van der Waals surface area contributed by atoms with E-state index in [2.05, 4.69) is 6.92 Å². The van der Waals surface area contributed by atoms with Crippen LogP contribution in [0.5, 0.6) is 0 Å². The van der Waals surface area contributed by atoms with Crippen molar-refractivity contribution in [2.75, 3.05) is 13.2 Å². The molecule has 0 amide bonds. The number of carbonyl (C=O) groups excluding carboxylic acids is 1. The largest absolute Gasteiger partial charge is 0.466 e. The van der Waals surface area contributed by atoms with Gasteiger partial charge in [0.05, 0.1) is 19.3 Å². The molecule has 1 unspecified atom stereocenters.